The van der Waals surface area contributed by atoms with Crippen LogP contribution in [0.3, 0.4) is 0 Å². The fourth-order valence-electron chi connectivity index (χ4n) is 2.26. The maximum atomic E-state index is 11.0. The van der Waals surface area contributed by atoms with Gasteiger partial charge in [0.1, 0.15) is 0 Å². The van der Waals surface area contributed by atoms with E-state index in [2.05, 4.69) is 24.8 Å². The van der Waals surface area contributed by atoms with Crippen LogP contribution in [0.5, 0.6) is 0 Å². The van der Waals surface area contributed by atoms with Crippen LogP contribution in [0.15, 0.2) is 0 Å². The second kappa shape index (κ2) is 5.86. The van der Waals surface area contributed by atoms with Crippen LogP contribution in [0.2, 0.25) is 0 Å². The zero-order valence-electron chi connectivity index (χ0n) is 10.0. The van der Waals surface area contributed by atoms with Crippen molar-refractivity contribution < 1.29 is 9.90 Å². The van der Waals surface area contributed by atoms with Crippen molar-refractivity contribution in [1.29, 1.82) is 5.26 Å². The maximum absolute atomic E-state index is 11.0. The van der Waals surface area contributed by atoms with Crippen LogP contribution in [-0.2, 0) is 4.79 Å². The average Bonchev–Trinajstić information content (AvgIpc) is 2.10. The molecule has 0 aromatic rings. The third-order valence-electron chi connectivity index (χ3n) is 3.13. The lowest BCUT2D eigenvalue weighted by Gasteiger charge is -2.42. The number of aliphatic carboxylic acids is 1. The van der Waals surface area contributed by atoms with E-state index >= 15 is 0 Å². The minimum absolute atomic E-state index is 0.147. The highest BCUT2D eigenvalue weighted by Crippen LogP contribution is 2.32. The number of hydrogen-bond acceptors (Lipinski definition) is 3. The highest BCUT2D eigenvalue weighted by atomic mass is 16.4. The van der Waals surface area contributed by atoms with E-state index in [0.717, 1.165) is 19.4 Å². The SMILES string of the molecule is CC(C)CN(CCC#N)C1CCC1C(=O)O. The molecule has 90 valence electrons. The molecule has 1 rings (SSSR count). The van der Waals surface area contributed by atoms with Gasteiger partial charge in [-0.05, 0) is 18.8 Å². The minimum atomic E-state index is -0.693. The number of rotatable bonds is 6. The summed E-state index contributed by atoms with van der Waals surface area (Å²) >= 11 is 0. The zero-order valence-corrected chi connectivity index (χ0v) is 10.0. The molecule has 4 nitrogen and oxygen atoms in total. The summed E-state index contributed by atoms with van der Waals surface area (Å²) < 4.78 is 0. The summed E-state index contributed by atoms with van der Waals surface area (Å²) in [6.45, 7) is 5.82. The first-order valence-electron chi connectivity index (χ1n) is 5.90. The fraction of sp³-hybridized carbons (Fsp3) is 0.833. The molecular weight excluding hydrogens is 204 g/mol. The van der Waals surface area contributed by atoms with Crippen molar-refractivity contribution in [2.24, 2.45) is 11.8 Å². The summed E-state index contributed by atoms with van der Waals surface area (Å²) in [5.74, 6) is -0.409. The molecule has 1 N–H and O–H groups in total. The van der Waals surface area contributed by atoms with Crippen molar-refractivity contribution >= 4 is 5.97 Å². The molecule has 0 radical (unpaired) electrons. The predicted molar refractivity (Wildman–Crippen MR) is 60.8 cm³/mol. The molecule has 0 aromatic heterocycles. The molecule has 1 aliphatic rings. The number of carboxylic acid groups (broad SMARTS) is 1. The van der Waals surface area contributed by atoms with E-state index in [-0.39, 0.29) is 12.0 Å². The third-order valence-corrected chi connectivity index (χ3v) is 3.13. The first kappa shape index (κ1) is 13.0. The molecule has 2 atom stereocenters. The summed E-state index contributed by atoms with van der Waals surface area (Å²) in [7, 11) is 0. The molecule has 0 amide bonds. The van der Waals surface area contributed by atoms with Gasteiger partial charge in [0, 0.05) is 25.6 Å². The van der Waals surface area contributed by atoms with Gasteiger partial charge in [-0.15, -0.1) is 0 Å². The molecule has 0 bridgehead atoms. The van der Waals surface area contributed by atoms with Crippen LogP contribution in [0.4, 0.5) is 0 Å². The van der Waals surface area contributed by atoms with Gasteiger partial charge in [0.25, 0.3) is 0 Å². The van der Waals surface area contributed by atoms with Gasteiger partial charge in [0.2, 0.25) is 0 Å². The Morgan fingerprint density at radius 2 is 2.25 bits per heavy atom. The van der Waals surface area contributed by atoms with Crippen molar-refractivity contribution in [3.8, 4) is 6.07 Å². The van der Waals surface area contributed by atoms with Crippen LogP contribution < -0.4 is 0 Å². The minimum Gasteiger partial charge on any atom is -0.481 e. The number of nitrogens with zero attached hydrogens (tertiary/aromatic N) is 2. The summed E-state index contributed by atoms with van der Waals surface area (Å²) in [6, 6.07) is 2.28. The molecular formula is C12H20N2O2. The van der Waals surface area contributed by atoms with Crippen molar-refractivity contribution in [1.82, 2.24) is 4.90 Å². The van der Waals surface area contributed by atoms with E-state index in [0.29, 0.717) is 18.9 Å². The number of carbonyl (C=O) groups is 1. The van der Waals surface area contributed by atoms with Crippen LogP contribution >= 0.6 is 0 Å². The van der Waals surface area contributed by atoms with E-state index in [1.165, 1.54) is 0 Å². The van der Waals surface area contributed by atoms with E-state index < -0.39 is 5.97 Å². The Labute approximate surface area is 96.9 Å². The van der Waals surface area contributed by atoms with Crippen LogP contribution in [0, 0.1) is 23.2 Å². The Hall–Kier alpha value is -1.08. The Kier molecular flexibility index (Phi) is 4.75. The molecule has 0 aliphatic heterocycles. The second-order valence-electron chi connectivity index (χ2n) is 4.89. The summed E-state index contributed by atoms with van der Waals surface area (Å²) in [5, 5.41) is 17.6. The van der Waals surface area contributed by atoms with E-state index in [9.17, 15) is 4.79 Å². The van der Waals surface area contributed by atoms with Crippen molar-refractivity contribution in [2.75, 3.05) is 13.1 Å². The predicted octanol–water partition coefficient (Wildman–Crippen LogP) is 1.72. The lowest BCUT2D eigenvalue weighted by atomic mass is 9.78. The summed E-state index contributed by atoms with van der Waals surface area (Å²) in [6.07, 6.45) is 2.21. The molecule has 0 aromatic carbocycles. The lowest BCUT2D eigenvalue weighted by molar-refractivity contribution is -0.149. The van der Waals surface area contributed by atoms with Crippen LogP contribution in [-0.4, -0.2) is 35.1 Å². The van der Waals surface area contributed by atoms with Crippen molar-refractivity contribution in [3.63, 3.8) is 0 Å². The van der Waals surface area contributed by atoms with E-state index in [1.807, 2.05) is 0 Å². The maximum Gasteiger partial charge on any atom is 0.308 e. The third kappa shape index (κ3) is 3.21. The normalized spacial score (nSPS) is 24.2. The molecule has 1 saturated carbocycles. The highest BCUT2D eigenvalue weighted by Gasteiger charge is 2.40. The Morgan fingerprint density at radius 3 is 2.62 bits per heavy atom. The number of carboxylic acids is 1. The molecule has 0 spiro atoms. The molecule has 1 fully saturated rings. The Balaban J connectivity index is 2.54. The van der Waals surface area contributed by atoms with Gasteiger partial charge in [-0.1, -0.05) is 13.8 Å². The Bertz CT molecular complexity index is 283. The van der Waals surface area contributed by atoms with Crippen molar-refractivity contribution in [3.05, 3.63) is 0 Å². The molecule has 4 heteroatoms. The van der Waals surface area contributed by atoms with Gasteiger partial charge < -0.3 is 5.11 Å². The molecule has 0 saturated heterocycles. The smallest absolute Gasteiger partial charge is 0.308 e. The second-order valence-corrected chi connectivity index (χ2v) is 4.89. The fourth-order valence-corrected chi connectivity index (χ4v) is 2.26. The lowest BCUT2D eigenvalue weighted by Crippen LogP contribution is -2.51. The van der Waals surface area contributed by atoms with Crippen LogP contribution in [0.1, 0.15) is 33.1 Å². The number of nitriles is 1. The van der Waals surface area contributed by atoms with Gasteiger partial charge in [0.15, 0.2) is 0 Å². The summed E-state index contributed by atoms with van der Waals surface area (Å²) in [5.41, 5.74) is 0. The zero-order chi connectivity index (χ0) is 12.1. The molecule has 1 aliphatic carbocycles. The standard InChI is InChI=1S/C12H20N2O2/c1-9(2)8-14(7-3-6-13)11-5-4-10(11)12(15)16/h9-11H,3-5,7-8H2,1-2H3,(H,15,16). The monoisotopic (exact) mass is 224 g/mol. The number of hydrogen-bond donors (Lipinski definition) is 1. The first-order chi connectivity index (χ1) is 7.56. The summed E-state index contributed by atoms with van der Waals surface area (Å²) in [4.78, 5) is 13.1. The van der Waals surface area contributed by atoms with Gasteiger partial charge in [0.05, 0.1) is 12.0 Å². The quantitative estimate of drug-likeness (QED) is 0.746. The van der Waals surface area contributed by atoms with Gasteiger partial charge in [-0.25, -0.2) is 0 Å². The first-order valence-corrected chi connectivity index (χ1v) is 5.90. The van der Waals surface area contributed by atoms with E-state index in [1.54, 1.807) is 0 Å². The average molecular weight is 224 g/mol. The van der Waals surface area contributed by atoms with Gasteiger partial charge >= 0.3 is 5.97 Å². The van der Waals surface area contributed by atoms with Crippen molar-refractivity contribution in [2.45, 2.75) is 39.2 Å². The Morgan fingerprint density at radius 1 is 1.56 bits per heavy atom. The molecule has 2 unspecified atom stereocenters. The van der Waals surface area contributed by atoms with E-state index in [4.69, 9.17) is 10.4 Å². The molecule has 16 heavy (non-hydrogen) atoms. The van der Waals surface area contributed by atoms with Gasteiger partial charge in [-0.3, -0.25) is 9.69 Å². The largest absolute Gasteiger partial charge is 0.481 e. The topological polar surface area (TPSA) is 64.3 Å². The highest BCUT2D eigenvalue weighted by molar-refractivity contribution is 5.72. The van der Waals surface area contributed by atoms with Gasteiger partial charge in [-0.2, -0.15) is 5.26 Å². The molecule has 0 heterocycles. The van der Waals surface area contributed by atoms with Crippen LogP contribution in [0.25, 0.3) is 0 Å².